The molecule has 1 saturated heterocycles. The van der Waals surface area contributed by atoms with Crippen molar-refractivity contribution in [3.05, 3.63) is 29.0 Å². The third-order valence-electron chi connectivity index (χ3n) is 2.14. The highest BCUT2D eigenvalue weighted by molar-refractivity contribution is 6.30. The first-order valence-corrected chi connectivity index (χ1v) is 4.53. The lowest BCUT2D eigenvalue weighted by atomic mass is 9.97. The van der Waals surface area contributed by atoms with E-state index in [0.717, 1.165) is 36.1 Å². The van der Waals surface area contributed by atoms with Crippen molar-refractivity contribution in [3.8, 4) is 0 Å². The Kier molecular flexibility index (Phi) is 2.28. The van der Waals surface area contributed by atoms with Gasteiger partial charge in [-0.2, -0.15) is 0 Å². The molecule has 0 unspecified atom stereocenters. The number of hydrogen-bond donors (Lipinski definition) is 1. The Bertz CT molecular complexity index is 271. The zero-order valence-electron chi connectivity index (χ0n) is 6.76. The lowest BCUT2D eigenvalue weighted by Gasteiger charge is -2.26. The lowest BCUT2D eigenvalue weighted by molar-refractivity contribution is 0.344. The minimum Gasteiger partial charge on any atom is -0.316 e. The van der Waals surface area contributed by atoms with Crippen molar-refractivity contribution in [2.75, 3.05) is 13.1 Å². The number of hydrogen-bond acceptors (Lipinski definition) is 2. The van der Waals surface area contributed by atoms with Gasteiger partial charge in [-0.1, -0.05) is 11.6 Å². The molecule has 1 N–H and O–H groups in total. The number of nitrogens with one attached hydrogen (secondary N) is 1. The van der Waals surface area contributed by atoms with E-state index in [9.17, 15) is 0 Å². The summed E-state index contributed by atoms with van der Waals surface area (Å²) in [5.74, 6) is 0.760. The van der Waals surface area contributed by atoms with Gasteiger partial charge in [-0.05, 0) is 37.6 Å². The molecular weight excluding hydrogens is 172 g/mol. The van der Waals surface area contributed by atoms with Crippen LogP contribution in [0.1, 0.15) is 5.69 Å². The zero-order chi connectivity index (χ0) is 8.39. The predicted molar refractivity (Wildman–Crippen MR) is 49.3 cm³/mol. The van der Waals surface area contributed by atoms with Gasteiger partial charge in [-0.3, -0.25) is 4.98 Å². The molecule has 2 heterocycles. The molecule has 0 saturated carbocycles. The summed E-state index contributed by atoms with van der Waals surface area (Å²) in [6.07, 6.45) is 2.82. The molecule has 0 spiro atoms. The molecule has 3 heteroatoms. The van der Waals surface area contributed by atoms with Crippen molar-refractivity contribution in [3.63, 3.8) is 0 Å². The third-order valence-corrected chi connectivity index (χ3v) is 2.38. The maximum Gasteiger partial charge on any atom is 0.0439 e. The fourth-order valence-electron chi connectivity index (χ4n) is 1.35. The molecule has 0 aliphatic carbocycles. The number of aromatic nitrogens is 1. The topological polar surface area (TPSA) is 24.9 Å². The highest BCUT2D eigenvalue weighted by Gasteiger charge is 2.17. The standard InChI is InChI=1S/C9H11ClN2/c10-8-1-2-12-9(4-8)3-7-5-11-6-7/h1-2,4,7,11H,3,5-6H2. The van der Waals surface area contributed by atoms with Crippen molar-refractivity contribution in [1.82, 2.24) is 10.3 Å². The Labute approximate surface area is 77.0 Å². The molecule has 1 aliphatic rings. The van der Waals surface area contributed by atoms with Crippen LogP contribution in [0.15, 0.2) is 18.3 Å². The van der Waals surface area contributed by atoms with E-state index in [-0.39, 0.29) is 0 Å². The second kappa shape index (κ2) is 3.42. The van der Waals surface area contributed by atoms with E-state index in [1.807, 2.05) is 12.1 Å². The minimum atomic E-state index is 0.760. The van der Waals surface area contributed by atoms with E-state index in [1.165, 1.54) is 0 Å². The van der Waals surface area contributed by atoms with Gasteiger partial charge in [0.25, 0.3) is 0 Å². The fraction of sp³-hybridized carbons (Fsp3) is 0.444. The number of rotatable bonds is 2. The molecular formula is C9H11ClN2. The molecule has 0 amide bonds. The Morgan fingerprint density at radius 3 is 3.00 bits per heavy atom. The molecule has 64 valence electrons. The molecule has 12 heavy (non-hydrogen) atoms. The molecule has 0 radical (unpaired) electrons. The van der Waals surface area contributed by atoms with Crippen LogP contribution in [-0.2, 0) is 6.42 Å². The molecule has 0 atom stereocenters. The van der Waals surface area contributed by atoms with Crippen LogP contribution in [0, 0.1) is 5.92 Å². The van der Waals surface area contributed by atoms with Gasteiger partial charge < -0.3 is 5.32 Å². The smallest absolute Gasteiger partial charge is 0.0439 e. The number of halogens is 1. The maximum atomic E-state index is 5.83. The summed E-state index contributed by atoms with van der Waals surface area (Å²) in [5, 5.41) is 4.02. The Balaban J connectivity index is 2.02. The summed E-state index contributed by atoms with van der Waals surface area (Å²) < 4.78 is 0. The monoisotopic (exact) mass is 182 g/mol. The summed E-state index contributed by atoms with van der Waals surface area (Å²) in [6.45, 7) is 2.24. The van der Waals surface area contributed by atoms with Crippen LogP contribution in [-0.4, -0.2) is 18.1 Å². The van der Waals surface area contributed by atoms with Gasteiger partial charge in [0.1, 0.15) is 0 Å². The summed E-state index contributed by atoms with van der Waals surface area (Å²) in [4.78, 5) is 4.25. The number of nitrogens with zero attached hydrogens (tertiary/aromatic N) is 1. The van der Waals surface area contributed by atoms with E-state index in [2.05, 4.69) is 10.3 Å². The Morgan fingerprint density at radius 1 is 1.58 bits per heavy atom. The molecule has 2 rings (SSSR count). The first-order chi connectivity index (χ1) is 5.84. The van der Waals surface area contributed by atoms with E-state index >= 15 is 0 Å². The van der Waals surface area contributed by atoms with Crippen molar-refractivity contribution in [2.24, 2.45) is 5.92 Å². The molecule has 1 aromatic rings. The van der Waals surface area contributed by atoms with Crippen molar-refractivity contribution in [2.45, 2.75) is 6.42 Å². The highest BCUT2D eigenvalue weighted by atomic mass is 35.5. The van der Waals surface area contributed by atoms with Crippen LogP contribution < -0.4 is 5.32 Å². The summed E-state index contributed by atoms with van der Waals surface area (Å²) in [7, 11) is 0. The van der Waals surface area contributed by atoms with Crippen LogP contribution in [0.3, 0.4) is 0 Å². The molecule has 0 bridgehead atoms. The highest BCUT2D eigenvalue weighted by Crippen LogP contribution is 2.14. The zero-order valence-corrected chi connectivity index (χ0v) is 7.51. The largest absolute Gasteiger partial charge is 0.316 e. The van der Waals surface area contributed by atoms with Gasteiger partial charge in [0.15, 0.2) is 0 Å². The van der Waals surface area contributed by atoms with Crippen LogP contribution >= 0.6 is 11.6 Å². The quantitative estimate of drug-likeness (QED) is 0.750. The molecule has 1 aliphatic heterocycles. The van der Waals surface area contributed by atoms with Gasteiger partial charge in [0.05, 0.1) is 0 Å². The summed E-state index contributed by atoms with van der Waals surface area (Å²) >= 11 is 5.83. The first-order valence-electron chi connectivity index (χ1n) is 4.16. The number of pyridine rings is 1. The second-order valence-electron chi connectivity index (χ2n) is 3.19. The summed E-state index contributed by atoms with van der Waals surface area (Å²) in [6, 6.07) is 3.75. The van der Waals surface area contributed by atoms with Gasteiger partial charge >= 0.3 is 0 Å². The van der Waals surface area contributed by atoms with E-state index in [0.29, 0.717) is 0 Å². The average molecular weight is 183 g/mol. The molecule has 1 aromatic heterocycles. The van der Waals surface area contributed by atoms with Crippen molar-refractivity contribution >= 4 is 11.6 Å². The minimum absolute atomic E-state index is 0.760. The third kappa shape index (κ3) is 1.76. The summed E-state index contributed by atoms with van der Waals surface area (Å²) in [5.41, 5.74) is 1.11. The van der Waals surface area contributed by atoms with Gasteiger partial charge in [-0.25, -0.2) is 0 Å². The van der Waals surface area contributed by atoms with E-state index in [1.54, 1.807) is 6.20 Å². The van der Waals surface area contributed by atoms with E-state index < -0.39 is 0 Å². The van der Waals surface area contributed by atoms with Crippen molar-refractivity contribution in [1.29, 1.82) is 0 Å². The van der Waals surface area contributed by atoms with Gasteiger partial charge in [0, 0.05) is 16.9 Å². The van der Waals surface area contributed by atoms with Crippen molar-refractivity contribution < 1.29 is 0 Å². The maximum absolute atomic E-state index is 5.83. The molecule has 0 aromatic carbocycles. The first kappa shape index (κ1) is 8.02. The Morgan fingerprint density at radius 2 is 2.42 bits per heavy atom. The Hall–Kier alpha value is -0.600. The van der Waals surface area contributed by atoms with Crippen LogP contribution in [0.5, 0.6) is 0 Å². The lowest BCUT2D eigenvalue weighted by Crippen LogP contribution is -2.43. The van der Waals surface area contributed by atoms with Gasteiger partial charge in [-0.15, -0.1) is 0 Å². The van der Waals surface area contributed by atoms with Crippen LogP contribution in [0.4, 0.5) is 0 Å². The SMILES string of the molecule is Clc1ccnc(CC2CNC2)c1. The van der Waals surface area contributed by atoms with Gasteiger partial charge in [0.2, 0.25) is 0 Å². The molecule has 2 nitrogen and oxygen atoms in total. The predicted octanol–water partition coefficient (Wildman–Crippen LogP) is 1.50. The van der Waals surface area contributed by atoms with Crippen LogP contribution in [0.25, 0.3) is 0 Å². The second-order valence-corrected chi connectivity index (χ2v) is 3.63. The van der Waals surface area contributed by atoms with E-state index in [4.69, 9.17) is 11.6 Å². The normalized spacial score (nSPS) is 17.4. The van der Waals surface area contributed by atoms with Crippen LogP contribution in [0.2, 0.25) is 5.02 Å². The fourth-order valence-corrected chi connectivity index (χ4v) is 1.53. The molecule has 1 fully saturated rings. The average Bonchev–Trinajstić information content (AvgIpc) is 1.97.